The lowest BCUT2D eigenvalue weighted by atomic mass is 9.95. The largest absolute Gasteiger partial charge is 0.380 e. The molecule has 0 unspecified atom stereocenters. The highest BCUT2D eigenvalue weighted by Gasteiger charge is 2.35. The fourth-order valence-corrected chi connectivity index (χ4v) is 4.33. The normalized spacial score (nSPS) is 19.5. The van der Waals surface area contributed by atoms with Crippen LogP contribution in [0.2, 0.25) is 0 Å². The van der Waals surface area contributed by atoms with Crippen molar-refractivity contribution in [3.63, 3.8) is 0 Å². The number of piperidine rings is 1. The molecule has 186 valence electrons. The number of benzene rings is 1. The van der Waals surface area contributed by atoms with Crippen LogP contribution in [0, 0.1) is 23.1 Å². The zero-order chi connectivity index (χ0) is 25.4. The summed E-state index contributed by atoms with van der Waals surface area (Å²) >= 11 is 0. The summed E-state index contributed by atoms with van der Waals surface area (Å²) in [6.45, 7) is 5.81. The van der Waals surface area contributed by atoms with Crippen molar-refractivity contribution >= 4 is 17.5 Å². The standard InChI is InChI=1S/C26H31FN4O4/c1-2-3-4-5-19-10-13-31(17-19)26(35)24(33)23(32)25(34)29-16-18-8-11-30(12-9-18)22-14-21(27)7-6-20(22)15-28/h2-7,14,18,23-24,32-33H,1,8-13,16-17H2,(H,29,34)/b4-3-,19-5+/t23-,24-/m1/s1. The number of anilines is 1. The quantitative estimate of drug-likeness (QED) is 0.485. The second-order valence-electron chi connectivity index (χ2n) is 8.79. The maximum Gasteiger partial charge on any atom is 0.254 e. The molecule has 2 aliphatic heterocycles. The van der Waals surface area contributed by atoms with Gasteiger partial charge in [0.1, 0.15) is 11.9 Å². The van der Waals surface area contributed by atoms with Crippen LogP contribution in [0.25, 0.3) is 0 Å². The van der Waals surface area contributed by atoms with E-state index in [0.717, 1.165) is 5.57 Å². The van der Waals surface area contributed by atoms with Crippen LogP contribution in [0.15, 0.2) is 54.7 Å². The molecular weight excluding hydrogens is 451 g/mol. The van der Waals surface area contributed by atoms with E-state index < -0.39 is 29.8 Å². The summed E-state index contributed by atoms with van der Waals surface area (Å²) in [5, 5.41) is 32.4. The van der Waals surface area contributed by atoms with Gasteiger partial charge in [-0.3, -0.25) is 9.59 Å². The third-order valence-corrected chi connectivity index (χ3v) is 6.41. The Balaban J connectivity index is 1.45. The molecule has 2 heterocycles. The van der Waals surface area contributed by atoms with Gasteiger partial charge >= 0.3 is 0 Å². The molecule has 1 aromatic carbocycles. The first-order valence-corrected chi connectivity index (χ1v) is 11.7. The van der Waals surface area contributed by atoms with Gasteiger partial charge in [0.15, 0.2) is 12.2 Å². The smallest absolute Gasteiger partial charge is 0.254 e. The van der Waals surface area contributed by atoms with Crippen molar-refractivity contribution < 1.29 is 24.2 Å². The highest BCUT2D eigenvalue weighted by Crippen LogP contribution is 2.27. The molecule has 0 radical (unpaired) electrons. The Hall–Kier alpha value is -3.48. The van der Waals surface area contributed by atoms with E-state index in [1.165, 1.54) is 23.1 Å². The van der Waals surface area contributed by atoms with Gasteiger partial charge in [-0.05, 0) is 49.0 Å². The fourth-order valence-electron chi connectivity index (χ4n) is 4.33. The Morgan fingerprint density at radius 3 is 2.66 bits per heavy atom. The van der Waals surface area contributed by atoms with Gasteiger partial charge in [-0.25, -0.2) is 4.39 Å². The predicted octanol–water partition coefficient (Wildman–Crippen LogP) is 1.65. The van der Waals surface area contributed by atoms with Crippen LogP contribution in [-0.4, -0.2) is 71.9 Å². The average Bonchev–Trinajstić information content (AvgIpc) is 3.35. The number of likely N-dealkylation sites (tertiary alicyclic amines) is 1. The number of halogens is 1. The van der Waals surface area contributed by atoms with E-state index in [9.17, 15) is 29.5 Å². The van der Waals surface area contributed by atoms with E-state index in [1.54, 1.807) is 12.2 Å². The number of amides is 2. The van der Waals surface area contributed by atoms with Gasteiger partial charge in [0.25, 0.3) is 11.8 Å². The summed E-state index contributed by atoms with van der Waals surface area (Å²) < 4.78 is 13.6. The van der Waals surface area contributed by atoms with Gasteiger partial charge in [-0.15, -0.1) is 0 Å². The molecule has 9 heteroatoms. The first kappa shape index (κ1) is 26.1. The van der Waals surface area contributed by atoms with E-state index in [0.29, 0.717) is 56.7 Å². The fraction of sp³-hybridized carbons (Fsp3) is 0.423. The van der Waals surface area contributed by atoms with Gasteiger partial charge < -0.3 is 25.3 Å². The van der Waals surface area contributed by atoms with E-state index in [1.807, 2.05) is 17.1 Å². The van der Waals surface area contributed by atoms with Crippen molar-refractivity contribution in [2.24, 2.45) is 5.92 Å². The first-order valence-electron chi connectivity index (χ1n) is 11.7. The third kappa shape index (κ3) is 6.78. The number of hydrogen-bond donors (Lipinski definition) is 3. The zero-order valence-electron chi connectivity index (χ0n) is 19.6. The van der Waals surface area contributed by atoms with Crippen LogP contribution in [0.5, 0.6) is 0 Å². The molecule has 2 amide bonds. The van der Waals surface area contributed by atoms with Crippen LogP contribution in [-0.2, 0) is 9.59 Å². The van der Waals surface area contributed by atoms with Crippen LogP contribution in [0.1, 0.15) is 24.8 Å². The minimum atomic E-state index is -1.86. The number of carbonyl (C=O) groups is 2. The number of nitrogens with zero attached hydrogens (tertiary/aromatic N) is 3. The molecule has 2 fully saturated rings. The number of nitriles is 1. The number of aliphatic hydroxyl groups is 2. The molecule has 2 aliphatic rings. The third-order valence-electron chi connectivity index (χ3n) is 6.41. The lowest BCUT2D eigenvalue weighted by Crippen LogP contribution is -2.51. The first-order chi connectivity index (χ1) is 16.8. The topological polar surface area (TPSA) is 117 Å². The molecule has 0 spiro atoms. The van der Waals surface area contributed by atoms with Gasteiger partial charge in [0.05, 0.1) is 11.3 Å². The van der Waals surface area contributed by atoms with E-state index in [4.69, 9.17) is 0 Å². The van der Waals surface area contributed by atoms with Crippen molar-refractivity contribution in [1.29, 1.82) is 5.26 Å². The average molecular weight is 483 g/mol. The van der Waals surface area contributed by atoms with Gasteiger partial charge in [0, 0.05) is 32.7 Å². The molecule has 0 saturated carbocycles. The number of allylic oxidation sites excluding steroid dienone is 4. The second kappa shape index (κ2) is 12.3. The highest BCUT2D eigenvalue weighted by molar-refractivity contribution is 5.91. The maximum atomic E-state index is 13.6. The Labute approximate surface area is 204 Å². The summed E-state index contributed by atoms with van der Waals surface area (Å²) in [6, 6.07) is 6.16. The van der Waals surface area contributed by atoms with Crippen molar-refractivity contribution in [1.82, 2.24) is 10.2 Å². The Morgan fingerprint density at radius 2 is 1.97 bits per heavy atom. The Kier molecular flexibility index (Phi) is 9.18. The summed E-state index contributed by atoms with van der Waals surface area (Å²) in [5.41, 5.74) is 1.98. The molecule has 3 N–H and O–H groups in total. The zero-order valence-corrected chi connectivity index (χ0v) is 19.6. The minimum Gasteiger partial charge on any atom is -0.380 e. The molecule has 0 aliphatic carbocycles. The molecule has 2 atom stereocenters. The number of nitrogens with one attached hydrogen (secondary N) is 1. The molecule has 0 bridgehead atoms. The number of carbonyl (C=O) groups excluding carboxylic acids is 2. The van der Waals surface area contributed by atoms with Gasteiger partial charge in [0.2, 0.25) is 0 Å². The van der Waals surface area contributed by atoms with E-state index >= 15 is 0 Å². The van der Waals surface area contributed by atoms with Crippen molar-refractivity contribution in [2.75, 3.05) is 37.6 Å². The monoisotopic (exact) mass is 482 g/mol. The second-order valence-corrected chi connectivity index (χ2v) is 8.79. The maximum absolute atomic E-state index is 13.6. The SMILES string of the molecule is C=C/C=C\C=C1/CCN(C(=O)[C@H](O)[C@@H](O)C(=O)NCC2CCN(c3cc(F)ccc3C#N)CC2)C1. The van der Waals surface area contributed by atoms with Crippen molar-refractivity contribution in [2.45, 2.75) is 31.5 Å². The Bertz CT molecular complexity index is 1040. The van der Waals surface area contributed by atoms with Crippen molar-refractivity contribution in [3.8, 4) is 6.07 Å². The molecule has 2 saturated heterocycles. The summed E-state index contributed by atoms with van der Waals surface area (Å²) in [4.78, 5) is 28.3. The number of hydrogen-bond acceptors (Lipinski definition) is 6. The molecule has 8 nitrogen and oxygen atoms in total. The summed E-state index contributed by atoms with van der Waals surface area (Å²) in [5.74, 6) is -1.76. The number of rotatable bonds is 8. The predicted molar refractivity (Wildman–Crippen MR) is 130 cm³/mol. The van der Waals surface area contributed by atoms with E-state index in [2.05, 4.69) is 18.0 Å². The lowest BCUT2D eigenvalue weighted by molar-refractivity contribution is -0.152. The van der Waals surface area contributed by atoms with E-state index in [-0.39, 0.29) is 12.5 Å². The van der Waals surface area contributed by atoms with Crippen molar-refractivity contribution in [3.05, 3.63) is 66.0 Å². The molecule has 3 rings (SSSR count). The molecular formula is C26H31FN4O4. The van der Waals surface area contributed by atoms with Crippen LogP contribution < -0.4 is 10.2 Å². The molecule has 1 aromatic rings. The molecule has 0 aromatic heterocycles. The summed E-state index contributed by atoms with van der Waals surface area (Å²) in [6.07, 6.45) is 5.48. The van der Waals surface area contributed by atoms with Crippen LogP contribution >= 0.6 is 0 Å². The van der Waals surface area contributed by atoms with Crippen LogP contribution in [0.3, 0.4) is 0 Å². The van der Waals surface area contributed by atoms with Crippen LogP contribution in [0.4, 0.5) is 10.1 Å². The summed E-state index contributed by atoms with van der Waals surface area (Å²) in [7, 11) is 0. The molecule has 35 heavy (non-hydrogen) atoms. The Morgan fingerprint density at radius 1 is 1.23 bits per heavy atom. The number of aliphatic hydroxyl groups excluding tert-OH is 2. The minimum absolute atomic E-state index is 0.115. The highest BCUT2D eigenvalue weighted by atomic mass is 19.1. The lowest BCUT2D eigenvalue weighted by Gasteiger charge is -2.34. The van der Waals surface area contributed by atoms with Gasteiger partial charge in [-0.1, -0.05) is 30.9 Å². The van der Waals surface area contributed by atoms with Gasteiger partial charge in [-0.2, -0.15) is 5.26 Å².